The fourth-order valence-electron chi connectivity index (χ4n) is 4.61. The maximum atomic E-state index is 15.1. The van der Waals surface area contributed by atoms with Crippen molar-refractivity contribution in [3.05, 3.63) is 38.3 Å². The van der Waals surface area contributed by atoms with Gasteiger partial charge in [-0.25, -0.2) is 9.18 Å². The Kier molecular flexibility index (Phi) is 4.69. The monoisotopic (exact) mass is 389 g/mol. The third-order valence-electron chi connectivity index (χ3n) is 6.25. The number of rotatable bonds is 5. The molecular formula is C20H28FN5O2. The van der Waals surface area contributed by atoms with Gasteiger partial charge in [0.15, 0.2) is 0 Å². The second-order valence-electron chi connectivity index (χ2n) is 8.13. The molecule has 1 aromatic heterocycles. The molecule has 152 valence electrons. The molecule has 4 rings (SSSR count). The van der Waals surface area contributed by atoms with Crippen molar-refractivity contribution in [1.82, 2.24) is 14.6 Å². The summed E-state index contributed by atoms with van der Waals surface area (Å²) in [6, 6.07) is 1.64. The van der Waals surface area contributed by atoms with Crippen molar-refractivity contribution in [3.8, 4) is 0 Å². The zero-order chi connectivity index (χ0) is 20.2. The molecule has 2 aromatic rings. The minimum atomic E-state index is -0.648. The first kappa shape index (κ1) is 19.0. The number of nitrogens with zero attached hydrogens (tertiary/aromatic N) is 3. The number of fused-ring (bicyclic) bond motifs is 1. The predicted octanol–water partition coefficient (Wildman–Crippen LogP) is 1.48. The Bertz CT molecular complexity index is 1040. The summed E-state index contributed by atoms with van der Waals surface area (Å²) in [5.41, 5.74) is 0.500. The largest absolute Gasteiger partial charge is 0.369 e. The summed E-state index contributed by atoms with van der Waals surface area (Å²) in [6.07, 6.45) is 2.71. The van der Waals surface area contributed by atoms with Crippen LogP contribution in [-0.2, 0) is 0 Å². The molecule has 8 heteroatoms. The highest BCUT2D eigenvalue weighted by molar-refractivity contribution is 5.87. The lowest BCUT2D eigenvalue weighted by Gasteiger charge is -2.25. The zero-order valence-electron chi connectivity index (χ0n) is 16.7. The fraction of sp³-hybridized carbons (Fsp3) is 0.600. The Hall–Kier alpha value is -2.35. The molecule has 1 aliphatic carbocycles. The lowest BCUT2D eigenvalue weighted by atomic mass is 10.0. The lowest BCUT2D eigenvalue weighted by Crippen LogP contribution is -2.44. The van der Waals surface area contributed by atoms with Gasteiger partial charge in [0, 0.05) is 30.7 Å². The molecule has 0 unspecified atom stereocenters. The summed E-state index contributed by atoms with van der Waals surface area (Å²) >= 11 is 0. The molecule has 0 bridgehead atoms. The van der Waals surface area contributed by atoms with Crippen molar-refractivity contribution in [2.24, 2.45) is 5.92 Å². The van der Waals surface area contributed by atoms with Gasteiger partial charge in [-0.1, -0.05) is 6.92 Å². The first-order valence-corrected chi connectivity index (χ1v) is 10.1. The third-order valence-corrected chi connectivity index (χ3v) is 6.25. The van der Waals surface area contributed by atoms with Crippen LogP contribution in [0.15, 0.2) is 15.7 Å². The summed E-state index contributed by atoms with van der Waals surface area (Å²) in [4.78, 5) is 27.2. The van der Waals surface area contributed by atoms with Gasteiger partial charge in [0.1, 0.15) is 5.82 Å². The summed E-state index contributed by atoms with van der Waals surface area (Å²) in [5, 5.41) is 3.62. The summed E-state index contributed by atoms with van der Waals surface area (Å²) in [5.74, 6) is 5.68. The molecule has 7 nitrogen and oxygen atoms in total. The number of nitrogen functional groups attached to an aromatic ring is 1. The topological polar surface area (TPSA) is 85.3 Å². The number of hydrogen-bond acceptors (Lipinski definition) is 5. The van der Waals surface area contributed by atoms with Crippen LogP contribution in [0.1, 0.15) is 44.7 Å². The molecule has 1 saturated carbocycles. The van der Waals surface area contributed by atoms with Crippen LogP contribution >= 0.6 is 0 Å². The summed E-state index contributed by atoms with van der Waals surface area (Å²) in [6.45, 7) is 8.46. The molecular weight excluding hydrogens is 361 g/mol. The zero-order valence-corrected chi connectivity index (χ0v) is 16.7. The van der Waals surface area contributed by atoms with Crippen LogP contribution in [-0.4, -0.2) is 34.9 Å². The molecule has 0 spiro atoms. The van der Waals surface area contributed by atoms with E-state index in [0.717, 1.165) is 38.9 Å². The van der Waals surface area contributed by atoms with Crippen molar-refractivity contribution in [3.63, 3.8) is 0 Å². The second-order valence-corrected chi connectivity index (χ2v) is 8.13. The van der Waals surface area contributed by atoms with Crippen molar-refractivity contribution in [2.75, 3.05) is 30.4 Å². The van der Waals surface area contributed by atoms with Crippen LogP contribution in [0.25, 0.3) is 10.9 Å². The number of benzene rings is 1. The van der Waals surface area contributed by atoms with Crippen LogP contribution < -0.4 is 27.3 Å². The van der Waals surface area contributed by atoms with Crippen molar-refractivity contribution in [1.29, 1.82) is 0 Å². The first-order chi connectivity index (χ1) is 13.3. The standard InChI is InChI=1S/C20H28FN5O2/c1-4-23-12(3)13-7-8-24(10-13)18-11(2)17-15(9-16(18)21)19(27)26(22)20(28)25(17)14-5-6-14/h9,12-14,23H,4-8,10,22H2,1-3H3/t12-,13+/m1/s1. The molecule has 2 heterocycles. The Balaban J connectivity index is 1.85. The highest BCUT2D eigenvalue weighted by atomic mass is 19.1. The smallest absolute Gasteiger partial charge is 0.350 e. The normalized spacial score (nSPS) is 20.9. The minimum Gasteiger partial charge on any atom is -0.369 e. The van der Waals surface area contributed by atoms with Gasteiger partial charge in [0.2, 0.25) is 0 Å². The molecule has 0 radical (unpaired) electrons. The van der Waals surface area contributed by atoms with Gasteiger partial charge < -0.3 is 16.1 Å². The molecule has 1 saturated heterocycles. The molecule has 1 aliphatic heterocycles. The molecule has 0 amide bonds. The van der Waals surface area contributed by atoms with Crippen LogP contribution in [0.5, 0.6) is 0 Å². The Morgan fingerprint density at radius 2 is 2.04 bits per heavy atom. The number of nitrogens with two attached hydrogens (primary N) is 1. The second kappa shape index (κ2) is 6.92. The Morgan fingerprint density at radius 1 is 1.32 bits per heavy atom. The van der Waals surface area contributed by atoms with Crippen LogP contribution in [0.3, 0.4) is 0 Å². The van der Waals surface area contributed by atoms with E-state index in [-0.39, 0.29) is 11.4 Å². The van der Waals surface area contributed by atoms with Gasteiger partial charge >= 0.3 is 5.69 Å². The van der Waals surface area contributed by atoms with Crippen LogP contribution in [0, 0.1) is 18.7 Å². The third kappa shape index (κ3) is 2.90. The summed E-state index contributed by atoms with van der Waals surface area (Å²) in [7, 11) is 0. The quantitative estimate of drug-likeness (QED) is 0.757. The molecule has 2 fully saturated rings. The highest BCUT2D eigenvalue weighted by Crippen LogP contribution is 2.39. The highest BCUT2D eigenvalue weighted by Gasteiger charge is 2.33. The van der Waals surface area contributed by atoms with Gasteiger partial charge in [0.25, 0.3) is 5.56 Å². The SMILES string of the molecule is CCN[C@H](C)[C@H]1CCN(c2c(F)cc3c(=O)n(N)c(=O)n(C4CC4)c3c2C)C1. The van der Waals surface area contributed by atoms with E-state index >= 15 is 4.39 Å². The van der Waals surface area contributed by atoms with Crippen molar-refractivity contribution >= 4 is 16.6 Å². The van der Waals surface area contributed by atoms with Crippen LogP contribution in [0.4, 0.5) is 10.1 Å². The number of anilines is 1. The summed E-state index contributed by atoms with van der Waals surface area (Å²) < 4.78 is 17.3. The van der Waals surface area contributed by atoms with E-state index in [2.05, 4.69) is 24.1 Å². The first-order valence-electron chi connectivity index (χ1n) is 10.1. The Labute approximate surface area is 162 Å². The molecule has 2 atom stereocenters. The van der Waals surface area contributed by atoms with E-state index in [1.807, 2.05) is 0 Å². The van der Waals surface area contributed by atoms with E-state index in [0.29, 0.717) is 33.4 Å². The molecule has 3 N–H and O–H groups in total. The van der Waals surface area contributed by atoms with Gasteiger partial charge in [0.05, 0.1) is 16.6 Å². The Morgan fingerprint density at radius 3 is 2.68 bits per heavy atom. The van der Waals surface area contributed by atoms with Crippen molar-refractivity contribution in [2.45, 2.75) is 52.1 Å². The molecule has 28 heavy (non-hydrogen) atoms. The predicted molar refractivity (Wildman–Crippen MR) is 109 cm³/mol. The maximum Gasteiger partial charge on any atom is 0.350 e. The number of aryl methyl sites for hydroxylation is 1. The van der Waals surface area contributed by atoms with E-state index in [1.165, 1.54) is 6.07 Å². The average molecular weight is 389 g/mol. The van der Waals surface area contributed by atoms with E-state index in [1.54, 1.807) is 11.5 Å². The lowest BCUT2D eigenvalue weighted by molar-refractivity contribution is 0.410. The van der Waals surface area contributed by atoms with Crippen LogP contribution in [0.2, 0.25) is 0 Å². The van der Waals surface area contributed by atoms with E-state index in [4.69, 9.17) is 5.84 Å². The van der Waals surface area contributed by atoms with Gasteiger partial charge in [-0.2, -0.15) is 4.68 Å². The number of nitrogens with one attached hydrogen (secondary N) is 1. The fourth-order valence-corrected chi connectivity index (χ4v) is 4.61. The van der Waals surface area contributed by atoms with E-state index in [9.17, 15) is 9.59 Å². The van der Waals surface area contributed by atoms with Crippen molar-refractivity contribution < 1.29 is 4.39 Å². The minimum absolute atomic E-state index is 0.0301. The van der Waals surface area contributed by atoms with Gasteiger partial charge in [-0.05, 0) is 51.6 Å². The average Bonchev–Trinajstić information content (AvgIpc) is 3.38. The van der Waals surface area contributed by atoms with E-state index < -0.39 is 17.1 Å². The number of aromatic nitrogens is 2. The number of hydrogen-bond donors (Lipinski definition) is 2. The molecule has 1 aromatic carbocycles. The number of halogens is 1. The molecule has 2 aliphatic rings. The van der Waals surface area contributed by atoms with Gasteiger partial charge in [-0.15, -0.1) is 0 Å². The maximum absolute atomic E-state index is 15.1. The van der Waals surface area contributed by atoms with Gasteiger partial charge in [-0.3, -0.25) is 9.36 Å².